The highest BCUT2D eigenvalue weighted by atomic mass is 15.1. The molecule has 3 nitrogen and oxygen atoms in total. The number of likely N-dealkylation sites (tertiary alicyclic amines) is 1. The van der Waals surface area contributed by atoms with E-state index in [1.165, 1.54) is 25.8 Å². The summed E-state index contributed by atoms with van der Waals surface area (Å²) in [5.74, 6) is 0.518. The van der Waals surface area contributed by atoms with E-state index >= 15 is 0 Å². The van der Waals surface area contributed by atoms with Gasteiger partial charge < -0.3 is 10.6 Å². The minimum atomic E-state index is 0.200. The lowest BCUT2D eigenvalue weighted by atomic mass is 9.85. The first-order chi connectivity index (χ1) is 6.91. The van der Waals surface area contributed by atoms with Crippen molar-refractivity contribution in [1.82, 2.24) is 4.90 Å². The molecule has 1 heterocycles. The van der Waals surface area contributed by atoms with Gasteiger partial charge in [0.05, 0.1) is 5.84 Å². The smallest absolute Gasteiger partial charge is 0.0947 e. The van der Waals surface area contributed by atoms with Crippen LogP contribution < -0.4 is 5.73 Å². The Balaban J connectivity index is 2.41. The van der Waals surface area contributed by atoms with E-state index in [0.29, 0.717) is 11.3 Å². The van der Waals surface area contributed by atoms with Gasteiger partial charge in [-0.1, -0.05) is 20.8 Å². The summed E-state index contributed by atoms with van der Waals surface area (Å²) in [5, 5.41) is 7.40. The monoisotopic (exact) mass is 211 g/mol. The highest BCUT2D eigenvalue weighted by molar-refractivity contribution is 5.79. The molecule has 0 aliphatic carbocycles. The highest BCUT2D eigenvalue weighted by Gasteiger charge is 2.23. The molecule has 0 aromatic carbocycles. The Morgan fingerprint density at radius 2 is 2.07 bits per heavy atom. The zero-order chi connectivity index (χ0) is 11.5. The molecule has 0 aromatic heterocycles. The van der Waals surface area contributed by atoms with Gasteiger partial charge in [-0.15, -0.1) is 0 Å². The van der Waals surface area contributed by atoms with Crippen LogP contribution in [-0.2, 0) is 0 Å². The number of hydrogen-bond donors (Lipinski definition) is 2. The van der Waals surface area contributed by atoms with E-state index in [1.54, 1.807) is 0 Å². The van der Waals surface area contributed by atoms with Gasteiger partial charge in [-0.05, 0) is 37.8 Å². The van der Waals surface area contributed by atoms with Crippen molar-refractivity contribution < 1.29 is 0 Å². The van der Waals surface area contributed by atoms with Crippen molar-refractivity contribution in [2.24, 2.45) is 17.1 Å². The van der Waals surface area contributed by atoms with Crippen LogP contribution in [0.5, 0.6) is 0 Å². The molecule has 1 rings (SSSR count). The van der Waals surface area contributed by atoms with E-state index < -0.39 is 0 Å². The quantitative estimate of drug-likeness (QED) is 0.554. The van der Waals surface area contributed by atoms with Crippen LogP contribution in [0, 0.1) is 16.7 Å². The lowest BCUT2D eigenvalue weighted by molar-refractivity contribution is 0.250. The average molecular weight is 211 g/mol. The largest absolute Gasteiger partial charge is 0.387 e. The van der Waals surface area contributed by atoms with E-state index in [2.05, 4.69) is 18.7 Å². The number of nitrogens with one attached hydrogen (secondary N) is 1. The van der Waals surface area contributed by atoms with Gasteiger partial charge in [0, 0.05) is 12.5 Å². The predicted molar refractivity (Wildman–Crippen MR) is 65.2 cm³/mol. The summed E-state index contributed by atoms with van der Waals surface area (Å²) in [5.41, 5.74) is 6.00. The zero-order valence-electron chi connectivity index (χ0n) is 10.3. The van der Waals surface area contributed by atoms with E-state index in [9.17, 15) is 0 Å². The lowest BCUT2D eigenvalue weighted by Crippen LogP contribution is -2.35. The third-order valence-electron chi connectivity index (χ3n) is 3.50. The molecule has 0 amide bonds. The lowest BCUT2D eigenvalue weighted by Gasteiger charge is -2.25. The summed E-state index contributed by atoms with van der Waals surface area (Å²) in [7, 11) is 0. The molecule has 1 atom stereocenters. The molecule has 1 aliphatic heterocycles. The maximum Gasteiger partial charge on any atom is 0.0947 e. The van der Waals surface area contributed by atoms with Crippen LogP contribution >= 0.6 is 0 Å². The van der Waals surface area contributed by atoms with Gasteiger partial charge in [0.25, 0.3) is 0 Å². The van der Waals surface area contributed by atoms with Crippen LogP contribution in [0.25, 0.3) is 0 Å². The number of rotatable bonds is 3. The molecule has 1 saturated heterocycles. The first-order valence-electron chi connectivity index (χ1n) is 5.97. The van der Waals surface area contributed by atoms with Crippen LogP contribution in [0.1, 0.15) is 40.0 Å². The second-order valence-electron chi connectivity index (χ2n) is 5.67. The highest BCUT2D eigenvalue weighted by Crippen LogP contribution is 2.29. The Hall–Kier alpha value is -0.570. The summed E-state index contributed by atoms with van der Waals surface area (Å²) >= 11 is 0. The molecule has 1 unspecified atom stereocenters. The summed E-state index contributed by atoms with van der Waals surface area (Å²) in [6, 6.07) is 0. The Morgan fingerprint density at radius 3 is 2.67 bits per heavy atom. The number of nitrogens with two attached hydrogens (primary N) is 1. The van der Waals surface area contributed by atoms with Gasteiger partial charge in [-0.2, -0.15) is 0 Å². The van der Waals surface area contributed by atoms with Crippen molar-refractivity contribution in [3.63, 3.8) is 0 Å². The summed E-state index contributed by atoms with van der Waals surface area (Å²) in [6.07, 6.45) is 3.85. The van der Waals surface area contributed by atoms with Gasteiger partial charge in [-0.3, -0.25) is 5.41 Å². The Labute approximate surface area is 93.5 Å². The van der Waals surface area contributed by atoms with Crippen molar-refractivity contribution in [1.29, 1.82) is 5.41 Å². The van der Waals surface area contributed by atoms with Crippen molar-refractivity contribution >= 4 is 5.84 Å². The minimum Gasteiger partial charge on any atom is -0.387 e. The van der Waals surface area contributed by atoms with Crippen LogP contribution in [0.4, 0.5) is 0 Å². The molecule has 0 spiro atoms. The van der Waals surface area contributed by atoms with E-state index in [-0.39, 0.29) is 5.92 Å². The minimum absolute atomic E-state index is 0.200. The molecular formula is C12H25N3. The average Bonchev–Trinajstić information content (AvgIpc) is 2.28. The molecule has 1 fully saturated rings. The topological polar surface area (TPSA) is 53.1 Å². The fraction of sp³-hybridized carbons (Fsp3) is 0.917. The van der Waals surface area contributed by atoms with Crippen molar-refractivity contribution in [3.05, 3.63) is 0 Å². The van der Waals surface area contributed by atoms with Crippen LogP contribution in [0.3, 0.4) is 0 Å². The molecule has 0 radical (unpaired) electrons. The standard InChI is InChI=1S/C12H25N3/c1-10(11(13)14)9-15-7-4-5-12(2,3)6-8-15/h10H,4-9H2,1-3H3,(H3,13,14). The number of hydrogen-bond acceptors (Lipinski definition) is 2. The fourth-order valence-corrected chi connectivity index (χ4v) is 2.15. The van der Waals surface area contributed by atoms with E-state index in [0.717, 1.165) is 13.1 Å². The molecule has 3 N–H and O–H groups in total. The number of amidine groups is 1. The third-order valence-corrected chi connectivity index (χ3v) is 3.50. The predicted octanol–water partition coefficient (Wildman–Crippen LogP) is 2.07. The first-order valence-corrected chi connectivity index (χ1v) is 5.97. The second-order valence-corrected chi connectivity index (χ2v) is 5.67. The Morgan fingerprint density at radius 1 is 1.40 bits per heavy atom. The summed E-state index contributed by atoms with van der Waals surface area (Å²) < 4.78 is 0. The molecule has 88 valence electrons. The van der Waals surface area contributed by atoms with Gasteiger partial charge in [0.2, 0.25) is 0 Å². The second kappa shape index (κ2) is 4.97. The molecule has 0 bridgehead atoms. The van der Waals surface area contributed by atoms with Crippen LogP contribution in [0.2, 0.25) is 0 Å². The third kappa shape index (κ3) is 4.20. The molecule has 1 aliphatic rings. The number of nitrogens with zero attached hydrogens (tertiary/aromatic N) is 1. The van der Waals surface area contributed by atoms with Gasteiger partial charge in [0.15, 0.2) is 0 Å². The zero-order valence-corrected chi connectivity index (χ0v) is 10.3. The molecule has 0 aromatic rings. The van der Waals surface area contributed by atoms with Gasteiger partial charge in [0.1, 0.15) is 0 Å². The molecule has 15 heavy (non-hydrogen) atoms. The normalized spacial score (nSPS) is 24.5. The van der Waals surface area contributed by atoms with Crippen LogP contribution in [0.15, 0.2) is 0 Å². The Bertz CT molecular complexity index is 223. The SMILES string of the molecule is CC(CN1CCCC(C)(C)CC1)C(=N)N. The van der Waals surface area contributed by atoms with Crippen molar-refractivity contribution in [2.45, 2.75) is 40.0 Å². The van der Waals surface area contributed by atoms with Crippen LogP contribution in [-0.4, -0.2) is 30.4 Å². The summed E-state index contributed by atoms with van der Waals surface area (Å²) in [4.78, 5) is 2.46. The molecular weight excluding hydrogens is 186 g/mol. The maximum atomic E-state index is 7.40. The fourth-order valence-electron chi connectivity index (χ4n) is 2.15. The van der Waals surface area contributed by atoms with E-state index in [1.807, 2.05) is 6.92 Å². The Kier molecular flexibility index (Phi) is 4.14. The van der Waals surface area contributed by atoms with Gasteiger partial charge >= 0.3 is 0 Å². The molecule has 3 heteroatoms. The van der Waals surface area contributed by atoms with E-state index in [4.69, 9.17) is 11.1 Å². The molecule has 0 saturated carbocycles. The summed E-state index contributed by atoms with van der Waals surface area (Å²) in [6.45, 7) is 10.0. The maximum absolute atomic E-state index is 7.40. The van der Waals surface area contributed by atoms with Gasteiger partial charge in [-0.25, -0.2) is 0 Å². The first kappa shape index (κ1) is 12.5. The van der Waals surface area contributed by atoms with Crippen molar-refractivity contribution in [3.8, 4) is 0 Å². The van der Waals surface area contributed by atoms with Crippen molar-refractivity contribution in [2.75, 3.05) is 19.6 Å².